The first-order valence-electron chi connectivity index (χ1n) is 11.3. The third-order valence-electron chi connectivity index (χ3n) is 6.76. The average molecular weight is 485 g/mol. The number of nitrogens with one attached hydrogen (secondary N) is 1. The Morgan fingerprint density at radius 2 is 1.91 bits per heavy atom. The molecule has 0 saturated carbocycles. The number of pyridine rings is 1. The molecule has 1 amide bonds. The van der Waals surface area contributed by atoms with Gasteiger partial charge in [0.2, 0.25) is 0 Å². The molecule has 1 aliphatic heterocycles. The van der Waals surface area contributed by atoms with Gasteiger partial charge in [-0.15, -0.1) is 0 Å². The number of anilines is 1. The summed E-state index contributed by atoms with van der Waals surface area (Å²) in [4.78, 5) is 21.5. The van der Waals surface area contributed by atoms with E-state index < -0.39 is 32.9 Å². The second-order valence-electron chi connectivity index (χ2n) is 10.1. The zero-order chi connectivity index (χ0) is 24.7. The molecule has 1 aromatic carbocycles. The molecule has 0 bridgehead atoms. The minimum atomic E-state index is -2.27. The number of aliphatic hydroxyl groups is 2. The van der Waals surface area contributed by atoms with Crippen molar-refractivity contribution in [1.29, 1.82) is 0 Å². The van der Waals surface area contributed by atoms with Gasteiger partial charge in [-0.1, -0.05) is 39.0 Å². The zero-order valence-electron chi connectivity index (χ0n) is 20.1. The van der Waals surface area contributed by atoms with Gasteiger partial charge in [0.25, 0.3) is 5.91 Å². The number of amides is 1. The highest BCUT2D eigenvalue weighted by Gasteiger charge is 2.50. The van der Waals surface area contributed by atoms with E-state index >= 15 is 0 Å². The van der Waals surface area contributed by atoms with Gasteiger partial charge in [-0.25, -0.2) is 9.97 Å². The van der Waals surface area contributed by atoms with Crippen LogP contribution in [-0.4, -0.2) is 63.9 Å². The maximum atomic E-state index is 12.7. The SMILES string of the molecule is CC(C)(C)[Si](C)(C)O[C@H]1C(n2cnc3c(NC(=O)c4ccccc4)nccc32)O[C@H](CO)[C@H]1O. The van der Waals surface area contributed by atoms with Gasteiger partial charge in [-0.05, 0) is 36.3 Å². The van der Waals surface area contributed by atoms with Crippen LogP contribution in [-0.2, 0) is 9.16 Å². The summed E-state index contributed by atoms with van der Waals surface area (Å²) in [5, 5.41) is 23.5. The van der Waals surface area contributed by atoms with Crippen LogP contribution in [0.4, 0.5) is 5.82 Å². The third kappa shape index (κ3) is 4.51. The van der Waals surface area contributed by atoms with Gasteiger partial charge in [0.1, 0.15) is 23.8 Å². The zero-order valence-corrected chi connectivity index (χ0v) is 21.1. The van der Waals surface area contributed by atoms with E-state index in [-0.39, 0.29) is 17.6 Å². The van der Waals surface area contributed by atoms with Crippen LogP contribution >= 0.6 is 0 Å². The number of carbonyl (C=O) groups is 1. The second-order valence-corrected chi connectivity index (χ2v) is 14.8. The highest BCUT2D eigenvalue weighted by atomic mass is 28.4. The molecule has 4 atom stereocenters. The van der Waals surface area contributed by atoms with Crippen molar-refractivity contribution in [3.63, 3.8) is 0 Å². The molecule has 182 valence electrons. The van der Waals surface area contributed by atoms with E-state index in [0.29, 0.717) is 22.4 Å². The molecule has 1 aliphatic rings. The van der Waals surface area contributed by atoms with Gasteiger partial charge >= 0.3 is 0 Å². The molecular formula is C24H32N4O5Si. The Balaban J connectivity index is 1.68. The fourth-order valence-corrected chi connectivity index (χ4v) is 5.05. The van der Waals surface area contributed by atoms with Gasteiger partial charge in [0.15, 0.2) is 20.4 Å². The van der Waals surface area contributed by atoms with E-state index in [1.54, 1.807) is 47.4 Å². The van der Waals surface area contributed by atoms with Crippen LogP contribution in [0.15, 0.2) is 48.9 Å². The first-order chi connectivity index (χ1) is 16.0. The Labute approximate surface area is 199 Å². The number of aliphatic hydroxyl groups excluding tert-OH is 2. The number of benzene rings is 1. The van der Waals surface area contributed by atoms with Crippen molar-refractivity contribution >= 4 is 31.1 Å². The van der Waals surface area contributed by atoms with Crippen molar-refractivity contribution in [1.82, 2.24) is 14.5 Å². The van der Waals surface area contributed by atoms with Crippen LogP contribution in [0.2, 0.25) is 18.1 Å². The van der Waals surface area contributed by atoms with E-state index in [0.717, 1.165) is 0 Å². The Bertz CT molecular complexity index is 1160. The minimum absolute atomic E-state index is 0.0790. The van der Waals surface area contributed by atoms with Crippen molar-refractivity contribution in [2.75, 3.05) is 11.9 Å². The molecule has 2 aromatic heterocycles. The highest BCUT2D eigenvalue weighted by molar-refractivity contribution is 6.74. The summed E-state index contributed by atoms with van der Waals surface area (Å²) in [5.74, 6) is 0.0337. The molecule has 34 heavy (non-hydrogen) atoms. The van der Waals surface area contributed by atoms with E-state index in [4.69, 9.17) is 9.16 Å². The molecule has 9 nitrogen and oxygen atoms in total. The Kier molecular flexibility index (Phi) is 6.62. The average Bonchev–Trinajstić information content (AvgIpc) is 3.35. The first kappa shape index (κ1) is 24.5. The molecule has 0 aliphatic carbocycles. The van der Waals surface area contributed by atoms with Gasteiger partial charge < -0.3 is 29.3 Å². The van der Waals surface area contributed by atoms with Crippen molar-refractivity contribution in [3.8, 4) is 0 Å². The maximum Gasteiger partial charge on any atom is 0.256 e. The first-order valence-corrected chi connectivity index (χ1v) is 14.2. The minimum Gasteiger partial charge on any atom is -0.407 e. The number of aromatic nitrogens is 3. The number of fused-ring (bicyclic) bond motifs is 1. The number of hydrogen-bond acceptors (Lipinski definition) is 7. The third-order valence-corrected chi connectivity index (χ3v) is 11.2. The molecule has 0 radical (unpaired) electrons. The smallest absolute Gasteiger partial charge is 0.256 e. The van der Waals surface area contributed by atoms with E-state index in [2.05, 4.69) is 49.1 Å². The molecule has 1 fully saturated rings. The summed E-state index contributed by atoms with van der Waals surface area (Å²) < 4.78 is 14.4. The number of ether oxygens (including phenoxy) is 1. The summed E-state index contributed by atoms with van der Waals surface area (Å²) in [6, 6.07) is 10.6. The molecule has 3 aromatic rings. The van der Waals surface area contributed by atoms with Crippen molar-refractivity contribution in [2.24, 2.45) is 0 Å². The summed E-state index contributed by atoms with van der Waals surface area (Å²) in [6.07, 6.45) is -0.00192. The lowest BCUT2D eigenvalue weighted by Gasteiger charge is -2.40. The van der Waals surface area contributed by atoms with Gasteiger partial charge in [-0.2, -0.15) is 0 Å². The van der Waals surface area contributed by atoms with Gasteiger partial charge in [0, 0.05) is 11.8 Å². The molecule has 0 spiro atoms. The Morgan fingerprint density at radius 3 is 2.56 bits per heavy atom. The summed E-state index contributed by atoms with van der Waals surface area (Å²) in [7, 11) is -2.27. The molecule has 3 heterocycles. The lowest BCUT2D eigenvalue weighted by atomic mass is 10.1. The fraction of sp³-hybridized carbons (Fsp3) is 0.458. The number of rotatable bonds is 6. The monoisotopic (exact) mass is 484 g/mol. The van der Waals surface area contributed by atoms with E-state index in [1.165, 1.54) is 0 Å². The fourth-order valence-electron chi connectivity index (χ4n) is 3.76. The lowest BCUT2D eigenvalue weighted by molar-refractivity contribution is -0.0495. The molecule has 1 unspecified atom stereocenters. The standard InChI is InChI=1S/C24H32N4O5Si/c1-24(2,3)34(4,5)33-20-19(30)17(13-29)32-23(20)28-14-26-18-16(28)11-12-25-21(18)27-22(31)15-9-7-6-8-10-15/h6-12,14,17,19-20,23,29-30H,13H2,1-5H3,(H,25,27,31)/t17-,19-,20-,23?/m1/s1. The van der Waals surface area contributed by atoms with Crippen LogP contribution in [0.1, 0.15) is 37.4 Å². The summed E-state index contributed by atoms with van der Waals surface area (Å²) in [5.41, 5.74) is 1.66. The van der Waals surface area contributed by atoms with E-state index in [1.807, 2.05) is 6.07 Å². The highest BCUT2D eigenvalue weighted by Crippen LogP contribution is 2.42. The van der Waals surface area contributed by atoms with Crippen LogP contribution in [0.3, 0.4) is 0 Å². The second kappa shape index (κ2) is 9.20. The van der Waals surface area contributed by atoms with Crippen LogP contribution in [0.25, 0.3) is 11.0 Å². The maximum absolute atomic E-state index is 12.7. The normalized spacial score (nSPS) is 23.4. The van der Waals surface area contributed by atoms with Crippen molar-refractivity contribution < 1.29 is 24.2 Å². The molecule has 3 N–H and O–H groups in total. The number of carbonyl (C=O) groups excluding carboxylic acids is 1. The van der Waals surface area contributed by atoms with Crippen LogP contribution in [0, 0.1) is 0 Å². The van der Waals surface area contributed by atoms with Crippen molar-refractivity contribution in [2.45, 2.75) is 63.4 Å². The quantitative estimate of drug-likeness (QED) is 0.459. The lowest BCUT2D eigenvalue weighted by Crippen LogP contribution is -2.48. The summed E-state index contributed by atoms with van der Waals surface area (Å²) in [6.45, 7) is 10.3. The molecule has 1 saturated heterocycles. The largest absolute Gasteiger partial charge is 0.407 e. The molecule has 10 heteroatoms. The van der Waals surface area contributed by atoms with E-state index in [9.17, 15) is 15.0 Å². The number of hydrogen-bond donors (Lipinski definition) is 3. The van der Waals surface area contributed by atoms with Gasteiger partial charge in [0.05, 0.1) is 18.5 Å². The predicted octanol–water partition coefficient (Wildman–Crippen LogP) is 3.32. The number of imidazole rings is 1. The molecular weight excluding hydrogens is 452 g/mol. The van der Waals surface area contributed by atoms with Crippen LogP contribution < -0.4 is 5.32 Å². The Morgan fingerprint density at radius 1 is 1.21 bits per heavy atom. The van der Waals surface area contributed by atoms with Gasteiger partial charge in [-0.3, -0.25) is 4.79 Å². The summed E-state index contributed by atoms with van der Waals surface area (Å²) >= 11 is 0. The topological polar surface area (TPSA) is 119 Å². The van der Waals surface area contributed by atoms with Crippen LogP contribution in [0.5, 0.6) is 0 Å². The Hall–Kier alpha value is -2.63. The van der Waals surface area contributed by atoms with Crippen molar-refractivity contribution in [3.05, 3.63) is 54.5 Å². The predicted molar refractivity (Wildman–Crippen MR) is 131 cm³/mol. The number of nitrogens with zero attached hydrogens (tertiary/aromatic N) is 3. The molecule has 4 rings (SSSR count).